The minimum Gasteiger partial charge on any atom is -0.480 e. The van der Waals surface area contributed by atoms with Gasteiger partial charge in [-0.1, -0.05) is 6.58 Å². The molecule has 0 aromatic heterocycles. The second kappa shape index (κ2) is 5.99. The van der Waals surface area contributed by atoms with E-state index in [1.807, 2.05) is 0 Å². The number of hydrogen-bond acceptors (Lipinski definition) is 2. The van der Waals surface area contributed by atoms with Crippen LogP contribution in [0.4, 0.5) is 26.3 Å². The van der Waals surface area contributed by atoms with Gasteiger partial charge in [0.2, 0.25) is 0 Å². The Hall–Kier alpha value is -2.03. The maximum Gasteiger partial charge on any atom is 0.416 e. The van der Waals surface area contributed by atoms with Crippen molar-refractivity contribution >= 4 is 11.5 Å². The first-order valence-electron chi connectivity index (χ1n) is 5.78. The molecule has 122 valence electrons. The van der Waals surface area contributed by atoms with Gasteiger partial charge in [-0.2, -0.15) is 26.3 Å². The number of hydrogen-bond donors (Lipinski definition) is 2. The van der Waals surface area contributed by atoms with Gasteiger partial charge >= 0.3 is 18.3 Å². The van der Waals surface area contributed by atoms with Crippen molar-refractivity contribution in [3.05, 3.63) is 41.5 Å². The Morgan fingerprint density at radius 2 is 1.50 bits per heavy atom. The van der Waals surface area contributed by atoms with Crippen LogP contribution in [0.3, 0.4) is 0 Å². The first kappa shape index (κ1) is 18.0. The zero-order chi connectivity index (χ0) is 17.3. The van der Waals surface area contributed by atoms with Crippen LogP contribution in [0.1, 0.15) is 23.1 Å². The third-order valence-electron chi connectivity index (χ3n) is 2.78. The molecule has 0 unspecified atom stereocenters. The van der Waals surface area contributed by atoms with E-state index in [9.17, 15) is 31.1 Å². The van der Waals surface area contributed by atoms with Gasteiger partial charge in [0, 0.05) is 0 Å². The molecule has 9 heteroatoms. The predicted molar refractivity (Wildman–Crippen MR) is 65.7 cm³/mol. The van der Waals surface area contributed by atoms with Crippen molar-refractivity contribution in [3.63, 3.8) is 0 Å². The van der Waals surface area contributed by atoms with Crippen LogP contribution in [-0.2, 0) is 17.1 Å². The Kier molecular flexibility index (Phi) is 4.91. The van der Waals surface area contributed by atoms with Crippen molar-refractivity contribution in [2.45, 2.75) is 24.8 Å². The highest BCUT2D eigenvalue weighted by Gasteiger charge is 2.37. The average Bonchev–Trinajstić information content (AvgIpc) is 2.35. The van der Waals surface area contributed by atoms with Gasteiger partial charge in [-0.25, -0.2) is 0 Å². The number of carboxylic acids is 1. The van der Waals surface area contributed by atoms with Gasteiger partial charge < -0.3 is 10.8 Å². The number of halogens is 6. The van der Waals surface area contributed by atoms with Crippen LogP contribution in [0.15, 0.2) is 24.8 Å². The van der Waals surface area contributed by atoms with Gasteiger partial charge in [-0.15, -0.1) is 0 Å². The first-order chi connectivity index (χ1) is 9.82. The van der Waals surface area contributed by atoms with Crippen molar-refractivity contribution in [2.75, 3.05) is 0 Å². The van der Waals surface area contributed by atoms with Gasteiger partial charge in [0.05, 0.1) is 11.1 Å². The maximum atomic E-state index is 12.7. The maximum absolute atomic E-state index is 12.7. The lowest BCUT2D eigenvalue weighted by atomic mass is 9.96. The number of aliphatic carboxylic acids is 1. The second-order valence-electron chi connectivity index (χ2n) is 4.55. The fraction of sp³-hybridized carbons (Fsp3) is 0.308. The van der Waals surface area contributed by atoms with E-state index in [1.54, 1.807) is 0 Å². The minimum absolute atomic E-state index is 0.0199. The Bertz CT molecular complexity index is 559. The minimum atomic E-state index is -4.98. The van der Waals surface area contributed by atoms with Gasteiger partial charge in [0.25, 0.3) is 0 Å². The molecule has 0 heterocycles. The quantitative estimate of drug-likeness (QED) is 0.832. The van der Waals surface area contributed by atoms with Crippen LogP contribution in [0.5, 0.6) is 0 Å². The molecule has 0 radical (unpaired) electrons. The molecule has 22 heavy (non-hydrogen) atoms. The SMILES string of the molecule is C=C(C[C@@H](N)C(=O)O)c1cc(C(F)(F)F)cc(C(F)(F)F)c1. The largest absolute Gasteiger partial charge is 0.480 e. The lowest BCUT2D eigenvalue weighted by Crippen LogP contribution is -2.30. The molecule has 3 N–H and O–H groups in total. The van der Waals surface area contributed by atoms with Gasteiger partial charge in [-0.05, 0) is 35.8 Å². The summed E-state index contributed by atoms with van der Waals surface area (Å²) < 4.78 is 76.0. The third kappa shape index (κ3) is 4.48. The molecule has 0 fully saturated rings. The first-order valence-corrected chi connectivity index (χ1v) is 5.78. The molecule has 0 bridgehead atoms. The summed E-state index contributed by atoms with van der Waals surface area (Å²) in [7, 11) is 0. The molecule has 0 amide bonds. The normalized spacial score (nSPS) is 13.8. The standard InChI is InChI=1S/C13H11F6NO2/c1-6(2-10(20)11(21)22)7-3-8(12(14,15)16)5-9(4-7)13(17,18)19/h3-5,10H,1-2,20H2,(H,21,22)/t10-/m1/s1. The molecule has 1 aromatic rings. The second-order valence-corrected chi connectivity index (χ2v) is 4.55. The van der Waals surface area contributed by atoms with Crippen LogP contribution >= 0.6 is 0 Å². The third-order valence-corrected chi connectivity index (χ3v) is 2.78. The Balaban J connectivity index is 3.30. The van der Waals surface area contributed by atoms with Crippen molar-refractivity contribution < 1.29 is 36.2 Å². The summed E-state index contributed by atoms with van der Waals surface area (Å²) in [5.74, 6) is -1.44. The fourth-order valence-electron chi connectivity index (χ4n) is 1.63. The fourth-order valence-corrected chi connectivity index (χ4v) is 1.63. The van der Waals surface area contributed by atoms with Gasteiger partial charge in [0.15, 0.2) is 0 Å². The Morgan fingerprint density at radius 3 is 1.82 bits per heavy atom. The highest BCUT2D eigenvalue weighted by molar-refractivity contribution is 5.77. The highest BCUT2D eigenvalue weighted by atomic mass is 19.4. The van der Waals surface area contributed by atoms with Crippen LogP contribution in [0.25, 0.3) is 5.57 Å². The van der Waals surface area contributed by atoms with E-state index in [-0.39, 0.29) is 11.6 Å². The van der Waals surface area contributed by atoms with Crippen LogP contribution in [-0.4, -0.2) is 17.1 Å². The summed E-state index contributed by atoms with van der Waals surface area (Å²) in [6.07, 6.45) is -10.4. The number of alkyl halides is 6. The Morgan fingerprint density at radius 1 is 1.09 bits per heavy atom. The monoisotopic (exact) mass is 327 g/mol. The number of carboxylic acid groups (broad SMARTS) is 1. The lowest BCUT2D eigenvalue weighted by Gasteiger charge is -2.16. The van der Waals surface area contributed by atoms with E-state index in [0.717, 1.165) is 0 Å². The van der Waals surface area contributed by atoms with Crippen molar-refractivity contribution in [2.24, 2.45) is 5.73 Å². The smallest absolute Gasteiger partial charge is 0.416 e. The van der Waals surface area contributed by atoms with E-state index in [4.69, 9.17) is 10.8 Å². The molecule has 0 aliphatic carbocycles. The number of benzene rings is 1. The Labute approximate surface area is 121 Å². The summed E-state index contributed by atoms with van der Waals surface area (Å²) in [6, 6.07) is -0.539. The topological polar surface area (TPSA) is 63.3 Å². The number of rotatable bonds is 4. The van der Waals surface area contributed by atoms with Crippen LogP contribution < -0.4 is 5.73 Å². The molecule has 0 saturated carbocycles. The summed E-state index contributed by atoms with van der Waals surface area (Å²) in [5.41, 5.74) is 1.51. The molecule has 0 aliphatic heterocycles. The molecule has 3 nitrogen and oxygen atoms in total. The van der Waals surface area contributed by atoms with E-state index in [0.29, 0.717) is 12.1 Å². The zero-order valence-corrected chi connectivity index (χ0v) is 10.9. The van der Waals surface area contributed by atoms with E-state index in [1.165, 1.54) is 0 Å². The van der Waals surface area contributed by atoms with E-state index >= 15 is 0 Å². The van der Waals surface area contributed by atoms with Gasteiger partial charge in [-0.3, -0.25) is 4.79 Å². The molecule has 1 rings (SSSR count). The van der Waals surface area contributed by atoms with E-state index < -0.39 is 47.5 Å². The summed E-state index contributed by atoms with van der Waals surface area (Å²) in [4.78, 5) is 10.6. The van der Waals surface area contributed by atoms with Gasteiger partial charge in [0.1, 0.15) is 6.04 Å². The number of nitrogens with two attached hydrogens (primary N) is 1. The summed E-state index contributed by atoms with van der Waals surface area (Å²) >= 11 is 0. The average molecular weight is 327 g/mol. The molecular formula is C13H11F6NO2. The molecular weight excluding hydrogens is 316 g/mol. The van der Waals surface area contributed by atoms with E-state index in [2.05, 4.69) is 6.58 Å². The molecule has 0 spiro atoms. The predicted octanol–water partition coefficient (Wildman–Crippen LogP) is 3.54. The number of carbonyl (C=O) groups is 1. The highest BCUT2D eigenvalue weighted by Crippen LogP contribution is 2.37. The van der Waals surface area contributed by atoms with Crippen LogP contribution in [0, 0.1) is 0 Å². The molecule has 0 aliphatic rings. The summed E-state index contributed by atoms with van der Waals surface area (Å²) in [5, 5.41) is 8.62. The molecule has 1 aromatic carbocycles. The summed E-state index contributed by atoms with van der Waals surface area (Å²) in [6.45, 7) is 3.32. The van der Waals surface area contributed by atoms with Crippen molar-refractivity contribution in [3.8, 4) is 0 Å². The molecule has 1 atom stereocenters. The van der Waals surface area contributed by atoms with Crippen molar-refractivity contribution in [1.29, 1.82) is 0 Å². The lowest BCUT2D eigenvalue weighted by molar-refractivity contribution is -0.143. The van der Waals surface area contributed by atoms with Crippen LogP contribution in [0.2, 0.25) is 0 Å². The zero-order valence-electron chi connectivity index (χ0n) is 10.9. The molecule has 0 saturated heterocycles. The van der Waals surface area contributed by atoms with Crippen molar-refractivity contribution in [1.82, 2.24) is 0 Å².